The summed E-state index contributed by atoms with van der Waals surface area (Å²) in [4.78, 5) is 12.2. The summed E-state index contributed by atoms with van der Waals surface area (Å²) in [6.07, 6.45) is 8.02. The second kappa shape index (κ2) is 7.11. The molecular formula is C12H24N2O2S. The highest BCUT2D eigenvalue weighted by Crippen LogP contribution is 2.34. The highest BCUT2D eigenvalue weighted by atomic mass is 32.2. The Kier molecular flexibility index (Phi) is 6.12. The van der Waals surface area contributed by atoms with Gasteiger partial charge in [0.1, 0.15) is 0 Å². The predicted molar refractivity (Wildman–Crippen MR) is 71.1 cm³/mol. The van der Waals surface area contributed by atoms with E-state index in [1.54, 1.807) is 6.26 Å². The van der Waals surface area contributed by atoms with Crippen molar-refractivity contribution in [2.75, 3.05) is 25.1 Å². The zero-order valence-corrected chi connectivity index (χ0v) is 11.5. The number of amides is 1. The predicted octanol–water partition coefficient (Wildman–Crippen LogP) is 0.780. The van der Waals surface area contributed by atoms with Crippen molar-refractivity contribution in [3.8, 4) is 0 Å². The summed E-state index contributed by atoms with van der Waals surface area (Å²) in [5.74, 6) is 0.583. The number of hydrogen-bond donors (Lipinski definition) is 2. The van der Waals surface area contributed by atoms with Crippen LogP contribution in [0.15, 0.2) is 0 Å². The Balaban J connectivity index is 2.52. The van der Waals surface area contributed by atoms with Gasteiger partial charge >= 0.3 is 0 Å². The van der Waals surface area contributed by atoms with Crippen LogP contribution in [-0.4, -0.2) is 35.2 Å². The lowest BCUT2D eigenvalue weighted by atomic mass is 9.79. The molecule has 0 aromatic rings. The van der Waals surface area contributed by atoms with Crippen molar-refractivity contribution in [1.82, 2.24) is 5.32 Å². The fourth-order valence-corrected chi connectivity index (χ4v) is 2.81. The standard InChI is InChI=1S/C12H24N2O2S/c1-17(16)9-8-14-11(15)12(10-13)6-4-2-3-5-7-12/h2-10,13H2,1H3,(H,14,15). The normalized spacial score (nSPS) is 21.5. The fraction of sp³-hybridized carbons (Fsp3) is 0.917. The van der Waals surface area contributed by atoms with Crippen LogP contribution in [0.3, 0.4) is 0 Å². The summed E-state index contributed by atoms with van der Waals surface area (Å²) in [5, 5.41) is 2.89. The molecule has 17 heavy (non-hydrogen) atoms. The van der Waals surface area contributed by atoms with Gasteiger partial charge in [0.25, 0.3) is 0 Å². The third-order valence-corrected chi connectivity index (χ3v) is 4.39. The van der Waals surface area contributed by atoms with Crippen molar-refractivity contribution in [3.05, 3.63) is 0 Å². The molecule has 3 N–H and O–H groups in total. The van der Waals surface area contributed by atoms with E-state index >= 15 is 0 Å². The van der Waals surface area contributed by atoms with Gasteiger partial charge in [0, 0.05) is 35.9 Å². The topological polar surface area (TPSA) is 72.2 Å². The zero-order valence-electron chi connectivity index (χ0n) is 10.7. The van der Waals surface area contributed by atoms with Crippen LogP contribution >= 0.6 is 0 Å². The molecule has 0 bridgehead atoms. The van der Waals surface area contributed by atoms with Gasteiger partial charge in [0.05, 0.1) is 5.41 Å². The van der Waals surface area contributed by atoms with E-state index in [2.05, 4.69) is 5.32 Å². The first-order valence-electron chi connectivity index (χ1n) is 6.39. The Bertz CT molecular complexity index is 274. The third-order valence-electron chi connectivity index (χ3n) is 3.61. The van der Waals surface area contributed by atoms with Gasteiger partial charge in [-0.25, -0.2) is 0 Å². The summed E-state index contributed by atoms with van der Waals surface area (Å²) >= 11 is 0. The van der Waals surface area contributed by atoms with Gasteiger partial charge in [0.2, 0.25) is 5.91 Å². The quantitative estimate of drug-likeness (QED) is 0.718. The van der Waals surface area contributed by atoms with Gasteiger partial charge in [0.15, 0.2) is 0 Å². The van der Waals surface area contributed by atoms with E-state index < -0.39 is 10.8 Å². The van der Waals surface area contributed by atoms with Gasteiger partial charge in [-0.2, -0.15) is 0 Å². The van der Waals surface area contributed by atoms with Gasteiger partial charge < -0.3 is 11.1 Å². The minimum Gasteiger partial charge on any atom is -0.355 e. The Hall–Kier alpha value is -0.420. The monoisotopic (exact) mass is 260 g/mol. The van der Waals surface area contributed by atoms with Crippen molar-refractivity contribution in [1.29, 1.82) is 0 Å². The average Bonchev–Trinajstić information content (AvgIpc) is 2.54. The average molecular weight is 260 g/mol. The SMILES string of the molecule is CS(=O)CCNC(=O)C1(CN)CCCCCC1. The highest BCUT2D eigenvalue weighted by molar-refractivity contribution is 7.84. The molecule has 1 saturated carbocycles. The van der Waals surface area contributed by atoms with Gasteiger partial charge in [-0.1, -0.05) is 25.7 Å². The van der Waals surface area contributed by atoms with E-state index in [4.69, 9.17) is 5.73 Å². The van der Waals surface area contributed by atoms with E-state index in [-0.39, 0.29) is 11.3 Å². The first kappa shape index (κ1) is 14.6. The minimum atomic E-state index is -0.852. The molecule has 0 aliphatic heterocycles. The third kappa shape index (κ3) is 4.39. The van der Waals surface area contributed by atoms with E-state index in [1.165, 1.54) is 12.8 Å². The lowest BCUT2D eigenvalue weighted by Crippen LogP contribution is -2.46. The Morgan fingerprint density at radius 1 is 1.29 bits per heavy atom. The lowest BCUT2D eigenvalue weighted by molar-refractivity contribution is -0.131. The zero-order chi connectivity index (χ0) is 12.7. The number of rotatable bonds is 5. The molecule has 4 nitrogen and oxygen atoms in total. The minimum absolute atomic E-state index is 0.0624. The van der Waals surface area contributed by atoms with Crippen LogP contribution in [0.4, 0.5) is 0 Å². The molecule has 1 unspecified atom stereocenters. The Morgan fingerprint density at radius 3 is 2.35 bits per heavy atom. The van der Waals surface area contributed by atoms with Crippen molar-refractivity contribution in [2.24, 2.45) is 11.1 Å². The maximum atomic E-state index is 12.2. The first-order chi connectivity index (χ1) is 8.10. The number of nitrogens with one attached hydrogen (secondary N) is 1. The molecule has 0 aromatic carbocycles. The van der Waals surface area contributed by atoms with Crippen LogP contribution in [0.5, 0.6) is 0 Å². The van der Waals surface area contributed by atoms with E-state index in [0.29, 0.717) is 18.8 Å². The second-order valence-electron chi connectivity index (χ2n) is 4.93. The van der Waals surface area contributed by atoms with E-state index in [9.17, 15) is 9.00 Å². The van der Waals surface area contributed by atoms with Crippen molar-refractivity contribution >= 4 is 16.7 Å². The molecule has 0 saturated heterocycles. The maximum absolute atomic E-state index is 12.2. The lowest BCUT2D eigenvalue weighted by Gasteiger charge is -2.29. The fourth-order valence-electron chi connectivity index (χ4n) is 2.43. The molecule has 1 atom stereocenters. The summed E-state index contributed by atoms with van der Waals surface area (Å²) in [6, 6.07) is 0. The Labute approximate surface area is 106 Å². The Morgan fingerprint density at radius 2 is 1.88 bits per heavy atom. The summed E-state index contributed by atoms with van der Waals surface area (Å²) < 4.78 is 10.9. The number of nitrogens with two attached hydrogens (primary N) is 1. The van der Waals surface area contributed by atoms with Crippen molar-refractivity contribution in [3.63, 3.8) is 0 Å². The summed E-state index contributed by atoms with van der Waals surface area (Å²) in [6.45, 7) is 0.914. The molecule has 1 amide bonds. The van der Waals surface area contributed by atoms with Crippen molar-refractivity contribution in [2.45, 2.75) is 38.5 Å². The molecule has 1 aliphatic rings. The van der Waals surface area contributed by atoms with E-state index in [0.717, 1.165) is 25.7 Å². The van der Waals surface area contributed by atoms with Crippen LogP contribution in [0.2, 0.25) is 0 Å². The molecular weight excluding hydrogens is 236 g/mol. The van der Waals surface area contributed by atoms with Gasteiger partial charge in [-0.3, -0.25) is 9.00 Å². The first-order valence-corrected chi connectivity index (χ1v) is 8.12. The van der Waals surface area contributed by atoms with Gasteiger partial charge in [-0.05, 0) is 12.8 Å². The van der Waals surface area contributed by atoms with Crippen LogP contribution in [0, 0.1) is 5.41 Å². The molecule has 0 radical (unpaired) electrons. The molecule has 5 heteroatoms. The largest absolute Gasteiger partial charge is 0.355 e. The van der Waals surface area contributed by atoms with Crippen LogP contribution in [0.25, 0.3) is 0 Å². The van der Waals surface area contributed by atoms with Crippen LogP contribution < -0.4 is 11.1 Å². The maximum Gasteiger partial charge on any atom is 0.227 e. The molecule has 100 valence electrons. The van der Waals surface area contributed by atoms with Crippen molar-refractivity contribution < 1.29 is 9.00 Å². The molecule has 0 spiro atoms. The number of carbonyl (C=O) groups is 1. The summed E-state index contributed by atoms with van der Waals surface area (Å²) in [5.41, 5.74) is 5.45. The molecule has 1 rings (SSSR count). The van der Waals surface area contributed by atoms with Crippen LogP contribution in [-0.2, 0) is 15.6 Å². The molecule has 1 fully saturated rings. The number of carbonyl (C=O) groups excluding carboxylic acids is 1. The highest BCUT2D eigenvalue weighted by Gasteiger charge is 2.36. The van der Waals surface area contributed by atoms with Gasteiger partial charge in [-0.15, -0.1) is 0 Å². The van der Waals surface area contributed by atoms with Crippen LogP contribution in [0.1, 0.15) is 38.5 Å². The summed E-state index contributed by atoms with van der Waals surface area (Å²) in [7, 11) is -0.852. The molecule has 0 heterocycles. The smallest absolute Gasteiger partial charge is 0.227 e. The number of hydrogen-bond acceptors (Lipinski definition) is 3. The second-order valence-corrected chi connectivity index (χ2v) is 6.49. The van der Waals surface area contributed by atoms with E-state index in [1.807, 2.05) is 0 Å². The molecule has 0 aromatic heterocycles. The molecule has 1 aliphatic carbocycles.